The standard InChI is InChI=1S/C13H10ClNO4/c14-8-3-1-2-4-9(8)15-13(19)7-5-6-10(16)12(18)11(7)17/h1-6,16-18H,(H,15,19). The van der Waals surface area contributed by atoms with Crippen LogP contribution < -0.4 is 5.32 Å². The summed E-state index contributed by atoms with van der Waals surface area (Å²) >= 11 is 5.89. The minimum absolute atomic E-state index is 0.171. The molecule has 0 spiro atoms. The third-order valence-corrected chi connectivity index (χ3v) is 2.83. The number of anilines is 1. The average molecular weight is 280 g/mol. The summed E-state index contributed by atoms with van der Waals surface area (Å²) in [6, 6.07) is 8.90. The van der Waals surface area contributed by atoms with Gasteiger partial charge in [-0.3, -0.25) is 4.79 Å². The molecule has 0 saturated carbocycles. The molecule has 0 aromatic heterocycles. The molecule has 0 fully saturated rings. The topological polar surface area (TPSA) is 89.8 Å². The number of aromatic hydroxyl groups is 3. The van der Waals surface area contributed by atoms with Gasteiger partial charge in [0.05, 0.1) is 16.3 Å². The van der Waals surface area contributed by atoms with Gasteiger partial charge in [-0.25, -0.2) is 0 Å². The molecule has 0 radical (unpaired) electrons. The van der Waals surface area contributed by atoms with Crippen LogP contribution in [0.2, 0.25) is 5.02 Å². The Morgan fingerprint density at radius 1 is 1.00 bits per heavy atom. The number of halogens is 1. The quantitative estimate of drug-likeness (QED) is 0.636. The van der Waals surface area contributed by atoms with E-state index in [4.69, 9.17) is 11.6 Å². The zero-order valence-electron chi connectivity index (χ0n) is 9.59. The van der Waals surface area contributed by atoms with Crippen LogP contribution in [0.4, 0.5) is 5.69 Å². The first-order valence-electron chi connectivity index (χ1n) is 5.30. The van der Waals surface area contributed by atoms with Gasteiger partial charge >= 0.3 is 0 Å². The number of hydrogen-bond acceptors (Lipinski definition) is 4. The molecule has 0 unspecified atom stereocenters. The van der Waals surface area contributed by atoms with Gasteiger partial charge in [0, 0.05) is 0 Å². The second-order valence-corrected chi connectivity index (χ2v) is 4.17. The number of para-hydroxylation sites is 1. The van der Waals surface area contributed by atoms with Gasteiger partial charge in [-0.15, -0.1) is 0 Å². The fraction of sp³-hybridized carbons (Fsp3) is 0. The third-order valence-electron chi connectivity index (χ3n) is 2.50. The summed E-state index contributed by atoms with van der Waals surface area (Å²) in [6.45, 7) is 0. The van der Waals surface area contributed by atoms with Gasteiger partial charge < -0.3 is 20.6 Å². The van der Waals surface area contributed by atoms with E-state index in [1.807, 2.05) is 0 Å². The number of phenolic OH excluding ortho intramolecular Hbond substituents is 3. The van der Waals surface area contributed by atoms with E-state index in [9.17, 15) is 20.1 Å². The Kier molecular flexibility index (Phi) is 3.48. The Bertz CT molecular complexity index is 643. The van der Waals surface area contributed by atoms with E-state index in [1.165, 1.54) is 6.07 Å². The first-order chi connectivity index (χ1) is 9.00. The molecule has 5 nitrogen and oxygen atoms in total. The third kappa shape index (κ3) is 2.56. The van der Waals surface area contributed by atoms with E-state index in [1.54, 1.807) is 24.3 Å². The van der Waals surface area contributed by atoms with Gasteiger partial charge in [0.1, 0.15) is 0 Å². The lowest BCUT2D eigenvalue weighted by atomic mass is 10.1. The van der Waals surface area contributed by atoms with Gasteiger partial charge in [-0.05, 0) is 24.3 Å². The lowest BCUT2D eigenvalue weighted by Crippen LogP contribution is -2.12. The Labute approximate surface area is 113 Å². The van der Waals surface area contributed by atoms with Gasteiger partial charge in [0.25, 0.3) is 5.91 Å². The molecule has 2 aromatic rings. The second-order valence-electron chi connectivity index (χ2n) is 3.76. The van der Waals surface area contributed by atoms with Crippen LogP contribution in [0.25, 0.3) is 0 Å². The van der Waals surface area contributed by atoms with Crippen LogP contribution in [-0.4, -0.2) is 21.2 Å². The normalized spacial score (nSPS) is 10.2. The molecule has 0 aliphatic carbocycles. The van der Waals surface area contributed by atoms with Crippen LogP contribution >= 0.6 is 11.6 Å². The first-order valence-corrected chi connectivity index (χ1v) is 5.68. The van der Waals surface area contributed by atoms with Gasteiger partial charge in [-0.2, -0.15) is 0 Å². The molecule has 2 rings (SSSR count). The highest BCUT2D eigenvalue weighted by molar-refractivity contribution is 6.33. The van der Waals surface area contributed by atoms with Crippen molar-refractivity contribution < 1.29 is 20.1 Å². The van der Waals surface area contributed by atoms with Crippen LogP contribution in [0.15, 0.2) is 36.4 Å². The average Bonchev–Trinajstić information content (AvgIpc) is 2.39. The smallest absolute Gasteiger partial charge is 0.259 e. The highest BCUT2D eigenvalue weighted by atomic mass is 35.5. The maximum atomic E-state index is 11.9. The summed E-state index contributed by atoms with van der Waals surface area (Å²) < 4.78 is 0. The minimum Gasteiger partial charge on any atom is -0.504 e. The molecule has 1 amide bonds. The van der Waals surface area contributed by atoms with Crippen LogP contribution in [-0.2, 0) is 0 Å². The summed E-state index contributed by atoms with van der Waals surface area (Å²) in [5.41, 5.74) is 0.205. The number of carbonyl (C=O) groups is 1. The second kappa shape index (κ2) is 5.07. The molecular weight excluding hydrogens is 270 g/mol. The Hall–Kier alpha value is -2.40. The van der Waals surface area contributed by atoms with Gasteiger partial charge in [0.15, 0.2) is 11.5 Å². The Morgan fingerprint density at radius 3 is 2.37 bits per heavy atom. The fourth-order valence-corrected chi connectivity index (χ4v) is 1.69. The molecule has 0 aliphatic heterocycles. The maximum Gasteiger partial charge on any atom is 0.259 e. The summed E-state index contributed by atoms with van der Waals surface area (Å²) in [6.07, 6.45) is 0. The zero-order valence-corrected chi connectivity index (χ0v) is 10.3. The molecule has 98 valence electrons. The molecule has 0 heterocycles. The number of amides is 1. The Morgan fingerprint density at radius 2 is 1.68 bits per heavy atom. The predicted molar refractivity (Wildman–Crippen MR) is 70.8 cm³/mol. The van der Waals surface area contributed by atoms with E-state index in [0.29, 0.717) is 10.7 Å². The lowest BCUT2D eigenvalue weighted by Gasteiger charge is -2.09. The van der Waals surface area contributed by atoms with Crippen molar-refractivity contribution in [1.82, 2.24) is 0 Å². The van der Waals surface area contributed by atoms with Crippen molar-refractivity contribution in [2.24, 2.45) is 0 Å². The molecule has 19 heavy (non-hydrogen) atoms. The van der Waals surface area contributed by atoms with Crippen molar-refractivity contribution in [1.29, 1.82) is 0 Å². The zero-order chi connectivity index (χ0) is 14.0. The molecule has 0 bridgehead atoms. The number of carbonyl (C=O) groups excluding carboxylic acids is 1. The monoisotopic (exact) mass is 279 g/mol. The summed E-state index contributed by atoms with van der Waals surface area (Å²) in [5, 5.41) is 31.0. The highest BCUT2D eigenvalue weighted by Gasteiger charge is 2.17. The molecule has 0 saturated heterocycles. The summed E-state index contributed by atoms with van der Waals surface area (Å²) in [4.78, 5) is 11.9. The molecular formula is C13H10ClNO4. The Balaban J connectivity index is 2.31. The van der Waals surface area contributed by atoms with Gasteiger partial charge in [0.2, 0.25) is 5.75 Å². The number of rotatable bonds is 2. The van der Waals surface area contributed by atoms with Crippen molar-refractivity contribution in [2.45, 2.75) is 0 Å². The SMILES string of the molecule is O=C(Nc1ccccc1Cl)c1ccc(O)c(O)c1O. The van der Waals surface area contributed by atoms with Crippen LogP contribution in [0.3, 0.4) is 0 Å². The van der Waals surface area contributed by atoms with Crippen molar-refractivity contribution in [3.8, 4) is 17.2 Å². The van der Waals surface area contributed by atoms with Gasteiger partial charge in [-0.1, -0.05) is 23.7 Å². The first kappa shape index (κ1) is 13.0. The fourth-order valence-electron chi connectivity index (χ4n) is 1.50. The number of benzene rings is 2. The van der Waals surface area contributed by atoms with E-state index >= 15 is 0 Å². The molecule has 6 heteroatoms. The predicted octanol–water partition coefficient (Wildman–Crippen LogP) is 2.71. The number of hydrogen-bond donors (Lipinski definition) is 4. The van der Waals surface area contributed by atoms with Crippen LogP contribution in [0.1, 0.15) is 10.4 Å². The van der Waals surface area contributed by atoms with Crippen LogP contribution in [0, 0.1) is 0 Å². The lowest BCUT2D eigenvalue weighted by molar-refractivity contribution is 0.102. The number of phenols is 3. The van der Waals surface area contributed by atoms with E-state index in [0.717, 1.165) is 6.07 Å². The molecule has 4 N–H and O–H groups in total. The van der Waals surface area contributed by atoms with Crippen molar-refractivity contribution in [2.75, 3.05) is 5.32 Å². The largest absolute Gasteiger partial charge is 0.504 e. The van der Waals surface area contributed by atoms with E-state index < -0.39 is 23.2 Å². The van der Waals surface area contributed by atoms with Crippen molar-refractivity contribution >= 4 is 23.2 Å². The van der Waals surface area contributed by atoms with Crippen molar-refractivity contribution in [3.05, 3.63) is 47.0 Å². The molecule has 0 atom stereocenters. The van der Waals surface area contributed by atoms with Crippen LogP contribution in [0.5, 0.6) is 17.2 Å². The molecule has 2 aromatic carbocycles. The minimum atomic E-state index is -0.744. The molecule has 0 aliphatic rings. The summed E-state index contributed by atoms with van der Waals surface area (Å²) in [7, 11) is 0. The summed E-state index contributed by atoms with van der Waals surface area (Å²) in [5.74, 6) is -2.59. The maximum absolute atomic E-state index is 11.9. The number of nitrogens with one attached hydrogen (secondary N) is 1. The van der Waals surface area contributed by atoms with E-state index in [-0.39, 0.29) is 5.56 Å². The van der Waals surface area contributed by atoms with E-state index in [2.05, 4.69) is 5.32 Å². The highest BCUT2D eigenvalue weighted by Crippen LogP contribution is 2.37. The van der Waals surface area contributed by atoms with Crippen molar-refractivity contribution in [3.63, 3.8) is 0 Å².